The first-order chi connectivity index (χ1) is 15.4. The number of benzene rings is 1. The summed E-state index contributed by atoms with van der Waals surface area (Å²) < 4.78 is 5.27. The second-order valence-corrected chi connectivity index (χ2v) is 7.55. The fraction of sp³-hybridized carbons (Fsp3) is 0.524. The van der Waals surface area contributed by atoms with Crippen molar-refractivity contribution in [2.45, 2.75) is 33.2 Å². The van der Waals surface area contributed by atoms with Gasteiger partial charge in [-0.05, 0) is 19.9 Å². The van der Waals surface area contributed by atoms with Crippen LogP contribution >= 0.6 is 12.4 Å². The largest absolute Gasteiger partial charge is 0.343 e. The number of nitro groups is 1. The van der Waals surface area contributed by atoms with Gasteiger partial charge in [0.15, 0.2) is 5.82 Å². The van der Waals surface area contributed by atoms with Crippen LogP contribution in [0.15, 0.2) is 28.8 Å². The third-order valence-corrected chi connectivity index (χ3v) is 5.51. The van der Waals surface area contributed by atoms with Crippen LogP contribution in [0.4, 0.5) is 5.69 Å². The van der Waals surface area contributed by atoms with Crippen molar-refractivity contribution in [3.63, 3.8) is 0 Å². The first-order valence-electron chi connectivity index (χ1n) is 10.8. The number of aryl methyl sites for hydroxylation is 1. The SMILES string of the molecule is CCN(CC)C(=O)CCc1nc(CN2CCN(C(=O)c3cccc([N+](=O)[O-])c3)CC2)no1.Cl. The molecular formula is C21H29ClN6O5. The number of piperazine rings is 1. The highest BCUT2D eigenvalue weighted by molar-refractivity contribution is 5.94. The fourth-order valence-electron chi connectivity index (χ4n) is 3.65. The van der Waals surface area contributed by atoms with Crippen LogP contribution in [0.5, 0.6) is 0 Å². The quantitative estimate of drug-likeness (QED) is 0.394. The van der Waals surface area contributed by atoms with Crippen LogP contribution in [0.1, 0.15) is 42.3 Å². The van der Waals surface area contributed by atoms with Gasteiger partial charge in [-0.25, -0.2) is 0 Å². The molecule has 1 aromatic heterocycles. The van der Waals surface area contributed by atoms with Crippen molar-refractivity contribution in [3.8, 4) is 0 Å². The molecule has 1 aliphatic heterocycles. The highest BCUT2D eigenvalue weighted by atomic mass is 35.5. The number of aromatic nitrogens is 2. The molecule has 0 aliphatic carbocycles. The highest BCUT2D eigenvalue weighted by Gasteiger charge is 2.24. The van der Waals surface area contributed by atoms with Gasteiger partial charge >= 0.3 is 0 Å². The van der Waals surface area contributed by atoms with E-state index in [-0.39, 0.29) is 29.9 Å². The lowest BCUT2D eigenvalue weighted by Crippen LogP contribution is -2.48. The van der Waals surface area contributed by atoms with Crippen LogP contribution in [0.2, 0.25) is 0 Å². The minimum absolute atomic E-state index is 0. The predicted octanol–water partition coefficient (Wildman–Crippen LogP) is 2.16. The molecule has 1 saturated heterocycles. The second kappa shape index (κ2) is 12.3. The van der Waals surface area contributed by atoms with E-state index < -0.39 is 4.92 Å². The van der Waals surface area contributed by atoms with Gasteiger partial charge in [0, 0.05) is 69.8 Å². The number of amides is 2. The van der Waals surface area contributed by atoms with Crippen LogP contribution in [-0.4, -0.2) is 80.8 Å². The molecule has 0 bridgehead atoms. The van der Waals surface area contributed by atoms with Crippen molar-refractivity contribution in [2.24, 2.45) is 0 Å². The molecule has 3 rings (SSSR count). The van der Waals surface area contributed by atoms with Crippen LogP contribution in [0.3, 0.4) is 0 Å². The molecule has 1 aromatic carbocycles. The Hall–Kier alpha value is -3.05. The molecule has 0 unspecified atom stereocenters. The Kier molecular flexibility index (Phi) is 9.74. The summed E-state index contributed by atoms with van der Waals surface area (Å²) in [6, 6.07) is 5.78. The van der Waals surface area contributed by atoms with Gasteiger partial charge in [0.05, 0.1) is 11.5 Å². The summed E-state index contributed by atoms with van der Waals surface area (Å²) in [5.74, 6) is 0.848. The summed E-state index contributed by atoms with van der Waals surface area (Å²) in [5.41, 5.74) is 0.218. The van der Waals surface area contributed by atoms with Crippen LogP contribution in [-0.2, 0) is 17.8 Å². The molecule has 0 spiro atoms. The van der Waals surface area contributed by atoms with Crippen LogP contribution < -0.4 is 0 Å². The topological polar surface area (TPSA) is 126 Å². The molecule has 180 valence electrons. The number of rotatable bonds is 9. The van der Waals surface area contributed by atoms with Crippen molar-refractivity contribution >= 4 is 29.9 Å². The molecule has 2 heterocycles. The van der Waals surface area contributed by atoms with E-state index in [0.717, 1.165) is 0 Å². The monoisotopic (exact) mass is 480 g/mol. The van der Waals surface area contributed by atoms with Crippen molar-refractivity contribution in [1.29, 1.82) is 0 Å². The van der Waals surface area contributed by atoms with Gasteiger partial charge in [0.1, 0.15) is 0 Å². The van der Waals surface area contributed by atoms with E-state index in [0.29, 0.717) is 75.9 Å². The Bertz CT molecular complexity index is 956. The van der Waals surface area contributed by atoms with Crippen LogP contribution in [0, 0.1) is 10.1 Å². The number of hydrogen-bond acceptors (Lipinski definition) is 8. The van der Waals surface area contributed by atoms with Gasteiger partial charge in [-0.1, -0.05) is 11.2 Å². The zero-order valence-electron chi connectivity index (χ0n) is 18.8. The summed E-state index contributed by atoms with van der Waals surface area (Å²) in [7, 11) is 0. The molecule has 1 fully saturated rings. The minimum atomic E-state index is -0.507. The van der Waals surface area contributed by atoms with Crippen molar-refractivity contribution in [2.75, 3.05) is 39.3 Å². The van der Waals surface area contributed by atoms with E-state index in [1.807, 2.05) is 13.8 Å². The molecule has 33 heavy (non-hydrogen) atoms. The summed E-state index contributed by atoms with van der Waals surface area (Å²) in [6.07, 6.45) is 0.746. The first-order valence-corrected chi connectivity index (χ1v) is 10.8. The fourth-order valence-corrected chi connectivity index (χ4v) is 3.65. The maximum Gasteiger partial charge on any atom is 0.270 e. The molecule has 1 aliphatic rings. The number of non-ortho nitro benzene ring substituents is 1. The first kappa shape index (κ1) is 26.2. The molecule has 2 aromatic rings. The van der Waals surface area contributed by atoms with Crippen molar-refractivity contribution < 1.29 is 19.0 Å². The lowest BCUT2D eigenvalue weighted by atomic mass is 10.1. The number of halogens is 1. The Balaban J connectivity index is 0.00000385. The van der Waals surface area contributed by atoms with E-state index in [1.165, 1.54) is 18.2 Å². The highest BCUT2D eigenvalue weighted by Crippen LogP contribution is 2.16. The van der Waals surface area contributed by atoms with Crippen LogP contribution in [0.25, 0.3) is 0 Å². The Morgan fingerprint density at radius 1 is 1.18 bits per heavy atom. The molecular weight excluding hydrogens is 452 g/mol. The van der Waals surface area contributed by atoms with Gasteiger partial charge in [0.2, 0.25) is 11.8 Å². The third-order valence-electron chi connectivity index (χ3n) is 5.51. The lowest BCUT2D eigenvalue weighted by Gasteiger charge is -2.34. The van der Waals surface area contributed by atoms with E-state index in [9.17, 15) is 19.7 Å². The zero-order chi connectivity index (χ0) is 23.1. The zero-order valence-corrected chi connectivity index (χ0v) is 19.6. The van der Waals surface area contributed by atoms with Gasteiger partial charge < -0.3 is 14.3 Å². The van der Waals surface area contributed by atoms with E-state index in [2.05, 4.69) is 15.0 Å². The molecule has 0 radical (unpaired) electrons. The predicted molar refractivity (Wildman–Crippen MR) is 122 cm³/mol. The maximum atomic E-state index is 12.7. The average Bonchev–Trinajstić information content (AvgIpc) is 3.26. The molecule has 0 atom stereocenters. The summed E-state index contributed by atoms with van der Waals surface area (Å²) in [6.45, 7) is 8.02. The van der Waals surface area contributed by atoms with E-state index in [1.54, 1.807) is 15.9 Å². The number of hydrogen-bond donors (Lipinski definition) is 0. The average molecular weight is 481 g/mol. The molecule has 11 nitrogen and oxygen atoms in total. The number of nitrogens with zero attached hydrogens (tertiary/aromatic N) is 6. The second-order valence-electron chi connectivity index (χ2n) is 7.55. The Morgan fingerprint density at radius 3 is 2.52 bits per heavy atom. The maximum absolute atomic E-state index is 12.7. The van der Waals surface area contributed by atoms with E-state index >= 15 is 0 Å². The number of carbonyl (C=O) groups is 2. The standard InChI is InChI=1S/C21H28N6O5.ClH/c1-3-25(4-2)20(28)9-8-19-22-18(23-32-19)15-24-10-12-26(13-11-24)21(29)16-6-5-7-17(14-16)27(30)31;/h5-7,14H,3-4,8-13,15H2,1-2H3;1H. The molecule has 12 heteroatoms. The van der Waals surface area contributed by atoms with Crippen molar-refractivity contribution in [1.82, 2.24) is 24.8 Å². The lowest BCUT2D eigenvalue weighted by molar-refractivity contribution is -0.384. The Morgan fingerprint density at radius 2 is 1.88 bits per heavy atom. The normalized spacial score (nSPS) is 13.9. The van der Waals surface area contributed by atoms with Gasteiger partial charge in [-0.15, -0.1) is 12.4 Å². The number of nitro benzene ring substituents is 1. The van der Waals surface area contributed by atoms with Gasteiger partial charge in [-0.3, -0.25) is 24.6 Å². The van der Waals surface area contributed by atoms with E-state index in [4.69, 9.17) is 4.52 Å². The van der Waals surface area contributed by atoms with Gasteiger partial charge in [-0.2, -0.15) is 4.98 Å². The molecule has 0 saturated carbocycles. The summed E-state index contributed by atoms with van der Waals surface area (Å²) in [4.78, 5) is 45.2. The molecule has 0 N–H and O–H groups in total. The molecule has 2 amide bonds. The third kappa shape index (κ3) is 6.96. The Labute approximate surface area is 198 Å². The summed E-state index contributed by atoms with van der Waals surface area (Å²) >= 11 is 0. The van der Waals surface area contributed by atoms with Crippen molar-refractivity contribution in [3.05, 3.63) is 51.7 Å². The van der Waals surface area contributed by atoms with Gasteiger partial charge in [0.25, 0.3) is 11.6 Å². The summed E-state index contributed by atoms with van der Waals surface area (Å²) in [5, 5.41) is 14.9. The number of carbonyl (C=O) groups excluding carboxylic acids is 2. The minimum Gasteiger partial charge on any atom is -0.343 e. The smallest absolute Gasteiger partial charge is 0.270 e.